The molecular weight excluding hydrogens is 390 g/mol. The average Bonchev–Trinajstić information content (AvgIpc) is 2.99. The summed E-state index contributed by atoms with van der Waals surface area (Å²) >= 11 is -0.826. The number of allylic oxidation sites excluding steroid dienone is 1. The van der Waals surface area contributed by atoms with E-state index in [1.54, 1.807) is 0 Å². The summed E-state index contributed by atoms with van der Waals surface area (Å²) < 4.78 is 0. The van der Waals surface area contributed by atoms with Crippen LogP contribution in [-0.4, -0.2) is 0 Å². The Morgan fingerprint density at radius 2 is 1.68 bits per heavy atom. The summed E-state index contributed by atoms with van der Waals surface area (Å²) in [7, 11) is 9.87. The van der Waals surface area contributed by atoms with Gasteiger partial charge in [-0.2, -0.15) is 0 Å². The van der Waals surface area contributed by atoms with Crippen LogP contribution in [0.4, 0.5) is 0 Å². The van der Waals surface area contributed by atoms with E-state index < -0.39 is 20.8 Å². The van der Waals surface area contributed by atoms with Gasteiger partial charge >= 0.3 is 37.9 Å². The Balaban J connectivity index is 0.000000545. The molecule has 0 amide bonds. The Labute approximate surface area is 152 Å². The van der Waals surface area contributed by atoms with Crippen molar-refractivity contribution in [3.63, 3.8) is 0 Å². The van der Waals surface area contributed by atoms with Gasteiger partial charge in [0.05, 0.1) is 0 Å². The third-order valence-corrected chi connectivity index (χ3v) is 4.04. The minimum absolute atomic E-state index is 0.635. The molecule has 1 unspecified atom stereocenters. The van der Waals surface area contributed by atoms with E-state index in [0.717, 1.165) is 0 Å². The molecule has 3 heteroatoms. The van der Waals surface area contributed by atoms with E-state index in [4.69, 9.17) is 17.0 Å². The van der Waals surface area contributed by atoms with Gasteiger partial charge in [0.1, 0.15) is 0 Å². The zero-order valence-corrected chi connectivity index (χ0v) is 16.8. The molecule has 113 valence electrons. The van der Waals surface area contributed by atoms with E-state index in [2.05, 4.69) is 74.9 Å². The molecule has 0 fully saturated rings. The summed E-state index contributed by atoms with van der Waals surface area (Å²) in [5.41, 5.74) is 6.84. The molecule has 0 aliphatic heterocycles. The fraction of sp³-hybridized carbons (Fsp3) is 0.211. The van der Waals surface area contributed by atoms with E-state index in [1.807, 2.05) is 0 Å². The number of hydrogen-bond donors (Lipinski definition) is 0. The molecule has 0 N–H and O–H groups in total. The van der Waals surface area contributed by atoms with Gasteiger partial charge in [0.25, 0.3) is 0 Å². The summed E-state index contributed by atoms with van der Waals surface area (Å²) in [6.07, 6.45) is 5.90. The van der Waals surface area contributed by atoms with Crippen LogP contribution >= 0.6 is 17.0 Å². The van der Waals surface area contributed by atoms with Crippen molar-refractivity contribution in [2.24, 2.45) is 5.92 Å². The van der Waals surface area contributed by atoms with Crippen LogP contribution in [0.15, 0.2) is 54.1 Å². The molecule has 1 radical (unpaired) electrons. The monoisotopic (exact) mass is 407 g/mol. The minimum atomic E-state index is -0.826. The van der Waals surface area contributed by atoms with E-state index >= 15 is 0 Å². The van der Waals surface area contributed by atoms with E-state index in [1.165, 1.54) is 34.2 Å². The second-order valence-corrected chi connectivity index (χ2v) is 9.08. The van der Waals surface area contributed by atoms with E-state index in [-0.39, 0.29) is 0 Å². The summed E-state index contributed by atoms with van der Waals surface area (Å²) in [5.74, 6) is 0.635. The molecule has 0 bridgehead atoms. The van der Waals surface area contributed by atoms with Gasteiger partial charge in [0.2, 0.25) is 0 Å². The first-order valence-electron chi connectivity index (χ1n) is 7.42. The average molecular weight is 409 g/mol. The predicted octanol–water partition coefficient (Wildman–Crippen LogP) is 6.73. The van der Waals surface area contributed by atoms with Gasteiger partial charge in [-0.3, -0.25) is 0 Å². The Morgan fingerprint density at radius 1 is 1.00 bits per heavy atom. The van der Waals surface area contributed by atoms with Gasteiger partial charge in [0.15, 0.2) is 0 Å². The van der Waals surface area contributed by atoms with Crippen LogP contribution in [0.5, 0.6) is 0 Å². The molecule has 0 nitrogen and oxygen atoms in total. The molecule has 0 saturated heterocycles. The predicted molar refractivity (Wildman–Crippen MR) is 94.4 cm³/mol. The quantitative estimate of drug-likeness (QED) is 0.527. The third kappa shape index (κ3) is 4.34. The zero-order valence-electron chi connectivity index (χ0n) is 12.8. The third-order valence-electron chi connectivity index (χ3n) is 4.04. The Bertz CT molecular complexity index is 635. The molecule has 22 heavy (non-hydrogen) atoms. The van der Waals surface area contributed by atoms with Crippen molar-refractivity contribution in [1.82, 2.24) is 0 Å². The molecule has 0 saturated carbocycles. The van der Waals surface area contributed by atoms with Crippen molar-refractivity contribution < 1.29 is 20.8 Å². The maximum atomic E-state index is 4.93. The Hall–Kier alpha value is -0.357. The second kappa shape index (κ2) is 9.06. The summed E-state index contributed by atoms with van der Waals surface area (Å²) in [6, 6.07) is 17.2. The van der Waals surface area contributed by atoms with Crippen LogP contribution in [-0.2, 0) is 20.8 Å². The molecule has 0 spiro atoms. The fourth-order valence-corrected chi connectivity index (χ4v) is 2.65. The van der Waals surface area contributed by atoms with Crippen molar-refractivity contribution >= 4 is 23.1 Å². The van der Waals surface area contributed by atoms with Crippen molar-refractivity contribution in [1.29, 1.82) is 0 Å². The topological polar surface area (TPSA) is 0 Å². The molecule has 1 aliphatic rings. The van der Waals surface area contributed by atoms with Gasteiger partial charge in [-0.15, -0.1) is 0 Å². The SMILES string of the molecule is CCC(C)C1=Cc2c(cccc2-c2ccccc2)[CH]1.[Cl][Zr][Cl]. The van der Waals surface area contributed by atoms with Gasteiger partial charge in [-0.05, 0) is 34.6 Å². The number of benzene rings is 2. The number of fused-ring (bicyclic) bond motifs is 1. The van der Waals surface area contributed by atoms with Crippen molar-refractivity contribution in [2.75, 3.05) is 0 Å². The number of rotatable bonds is 3. The van der Waals surface area contributed by atoms with Crippen LogP contribution < -0.4 is 0 Å². The van der Waals surface area contributed by atoms with Gasteiger partial charge in [-0.25, -0.2) is 0 Å². The molecule has 3 rings (SSSR count). The van der Waals surface area contributed by atoms with Crippen molar-refractivity contribution in [3.8, 4) is 11.1 Å². The van der Waals surface area contributed by atoms with Gasteiger partial charge < -0.3 is 0 Å². The normalized spacial score (nSPS) is 13.5. The van der Waals surface area contributed by atoms with Crippen LogP contribution in [0.25, 0.3) is 17.2 Å². The summed E-state index contributed by atoms with van der Waals surface area (Å²) in [4.78, 5) is 0. The first-order valence-corrected chi connectivity index (χ1v) is 13.7. The molecule has 0 aromatic heterocycles. The van der Waals surface area contributed by atoms with Gasteiger partial charge in [0, 0.05) is 6.42 Å². The van der Waals surface area contributed by atoms with Crippen LogP contribution in [0.2, 0.25) is 0 Å². The van der Waals surface area contributed by atoms with Gasteiger partial charge in [-0.1, -0.05) is 74.0 Å². The molecule has 0 heterocycles. The molecule has 1 atom stereocenters. The van der Waals surface area contributed by atoms with E-state index in [9.17, 15) is 0 Å². The van der Waals surface area contributed by atoms with Crippen molar-refractivity contribution in [2.45, 2.75) is 20.3 Å². The first kappa shape index (κ1) is 18.0. The standard InChI is InChI=1S/C19H19.2ClH.Zr/c1-3-14(2)17-12-16-10-7-11-18(19(16)13-17)15-8-5-4-6-9-15;;;/h4-14H,3H2,1-2H3;2*1H;/q;;;+2/p-2. The second-order valence-electron chi connectivity index (χ2n) is 5.34. The molecule has 2 aromatic carbocycles. The van der Waals surface area contributed by atoms with E-state index in [0.29, 0.717) is 5.92 Å². The first-order chi connectivity index (χ1) is 10.7. The fourth-order valence-electron chi connectivity index (χ4n) is 2.65. The Kier molecular flexibility index (Phi) is 7.41. The Morgan fingerprint density at radius 3 is 2.32 bits per heavy atom. The van der Waals surface area contributed by atoms with Crippen LogP contribution in [0, 0.1) is 12.3 Å². The molecular formula is C19H19Cl2Zr. The summed E-state index contributed by atoms with van der Waals surface area (Å²) in [6.45, 7) is 4.55. The maximum absolute atomic E-state index is 4.93. The van der Waals surface area contributed by atoms with Crippen LogP contribution in [0.1, 0.15) is 31.4 Å². The van der Waals surface area contributed by atoms with Crippen LogP contribution in [0.3, 0.4) is 0 Å². The summed E-state index contributed by atoms with van der Waals surface area (Å²) in [5, 5.41) is 0. The number of hydrogen-bond acceptors (Lipinski definition) is 0. The van der Waals surface area contributed by atoms with Crippen molar-refractivity contribution in [3.05, 3.63) is 71.7 Å². The zero-order chi connectivity index (χ0) is 15.9. The molecule has 2 aromatic rings. The molecule has 1 aliphatic carbocycles. The number of halogens is 2.